The quantitative estimate of drug-likeness (QED) is 0.771. The molecule has 0 radical (unpaired) electrons. The molecule has 0 aromatic heterocycles. The predicted octanol–water partition coefficient (Wildman–Crippen LogP) is 0.734. The molecule has 5 nitrogen and oxygen atoms in total. The van der Waals surface area contributed by atoms with Crippen LogP contribution in [0, 0.1) is 16.7 Å². The van der Waals surface area contributed by atoms with E-state index in [1.165, 1.54) is 6.92 Å². The normalized spacial score (nSPS) is 43.3. The van der Waals surface area contributed by atoms with Crippen molar-refractivity contribution in [3.05, 3.63) is 0 Å². The van der Waals surface area contributed by atoms with Gasteiger partial charge in [-0.3, -0.25) is 4.79 Å². The van der Waals surface area contributed by atoms with Crippen LogP contribution in [0.15, 0.2) is 0 Å². The average Bonchev–Trinajstić information content (AvgIpc) is 2.74. The lowest BCUT2D eigenvalue weighted by atomic mass is 9.69. The lowest BCUT2D eigenvalue weighted by Crippen LogP contribution is -2.47. The fourth-order valence-corrected chi connectivity index (χ4v) is 7.36. The maximum atomic E-state index is 12.4. The fraction of sp³-hybridized carbons (Fsp3) is 0.923. The molecule has 6 heteroatoms. The van der Waals surface area contributed by atoms with Crippen molar-refractivity contribution in [1.82, 2.24) is 4.31 Å². The Morgan fingerprint density at radius 2 is 2.05 bits per heavy atom. The van der Waals surface area contributed by atoms with Gasteiger partial charge in [-0.2, -0.15) is 0 Å². The van der Waals surface area contributed by atoms with Gasteiger partial charge in [0.2, 0.25) is 10.0 Å². The lowest BCUT2D eigenvalue weighted by Gasteiger charge is -2.37. The van der Waals surface area contributed by atoms with E-state index in [9.17, 15) is 18.3 Å². The summed E-state index contributed by atoms with van der Waals surface area (Å²) < 4.78 is 25.8. The Bertz CT molecular complexity index is 539. The highest BCUT2D eigenvalue weighted by molar-refractivity contribution is 7.90. The summed E-state index contributed by atoms with van der Waals surface area (Å²) >= 11 is 0. The second-order valence-electron chi connectivity index (χ2n) is 6.93. The van der Waals surface area contributed by atoms with Crippen molar-refractivity contribution in [2.75, 3.05) is 5.75 Å². The molecule has 108 valence electrons. The number of rotatable bonds is 1. The van der Waals surface area contributed by atoms with Gasteiger partial charge in [0.25, 0.3) is 5.91 Å². The fourth-order valence-electron chi connectivity index (χ4n) is 4.76. The molecule has 2 aliphatic carbocycles. The van der Waals surface area contributed by atoms with Crippen LogP contribution in [0.2, 0.25) is 0 Å². The van der Waals surface area contributed by atoms with Crippen molar-refractivity contribution in [1.29, 1.82) is 0 Å². The molecule has 1 aliphatic heterocycles. The standard InChI is InChI=1S/C13H21NO4S/c1-8(15)11(16)14-10-6-9-4-5-13(10,12(9,2)3)7-19(14,17)18/h8-10,15H,4-7H2,1-3H3/t8?,9-,10-,13-/m1/s1. The highest BCUT2D eigenvalue weighted by Gasteiger charge is 2.72. The molecule has 4 atom stereocenters. The summed E-state index contributed by atoms with van der Waals surface area (Å²) in [5.41, 5.74) is -0.348. The van der Waals surface area contributed by atoms with E-state index in [0.717, 1.165) is 23.6 Å². The molecular weight excluding hydrogens is 266 g/mol. The van der Waals surface area contributed by atoms with Crippen molar-refractivity contribution in [2.24, 2.45) is 16.7 Å². The van der Waals surface area contributed by atoms with Crippen molar-refractivity contribution in [2.45, 2.75) is 52.2 Å². The van der Waals surface area contributed by atoms with E-state index < -0.39 is 22.0 Å². The number of aliphatic hydroxyl groups is 1. The third-order valence-corrected chi connectivity index (χ3v) is 7.90. The summed E-state index contributed by atoms with van der Waals surface area (Å²) in [5, 5.41) is 9.48. The Morgan fingerprint density at radius 1 is 1.42 bits per heavy atom. The first-order valence-corrected chi connectivity index (χ1v) is 8.48. The SMILES string of the molecule is CC(O)C(=O)N1[C@@H]2C[C@H]3CC[C@]2(CS1(=O)=O)C3(C)C. The summed E-state index contributed by atoms with van der Waals surface area (Å²) in [7, 11) is -3.58. The number of nitrogens with zero attached hydrogens (tertiary/aromatic N) is 1. The van der Waals surface area contributed by atoms with Crippen LogP contribution in [0.5, 0.6) is 0 Å². The van der Waals surface area contributed by atoms with Crippen LogP contribution >= 0.6 is 0 Å². The molecule has 1 saturated heterocycles. The molecule has 2 bridgehead atoms. The molecule has 1 unspecified atom stereocenters. The summed E-state index contributed by atoms with van der Waals surface area (Å²) in [4.78, 5) is 12.1. The topological polar surface area (TPSA) is 74.7 Å². The minimum Gasteiger partial charge on any atom is -0.384 e. The lowest BCUT2D eigenvalue weighted by molar-refractivity contribution is -0.136. The zero-order valence-corrected chi connectivity index (χ0v) is 12.4. The Morgan fingerprint density at radius 3 is 2.58 bits per heavy atom. The number of carbonyl (C=O) groups is 1. The molecule has 3 rings (SSSR count). The third kappa shape index (κ3) is 1.39. The number of fused-ring (bicyclic) bond motifs is 1. The van der Waals surface area contributed by atoms with Gasteiger partial charge in [0, 0.05) is 5.41 Å². The van der Waals surface area contributed by atoms with E-state index in [0.29, 0.717) is 5.92 Å². The molecule has 0 aromatic rings. The maximum Gasteiger partial charge on any atom is 0.264 e. The van der Waals surface area contributed by atoms with Gasteiger partial charge in [-0.25, -0.2) is 12.7 Å². The second kappa shape index (κ2) is 3.52. The van der Waals surface area contributed by atoms with Gasteiger partial charge in [-0.05, 0) is 37.5 Å². The van der Waals surface area contributed by atoms with Gasteiger partial charge >= 0.3 is 0 Å². The largest absolute Gasteiger partial charge is 0.384 e. The van der Waals surface area contributed by atoms with Gasteiger partial charge in [-0.15, -0.1) is 0 Å². The van der Waals surface area contributed by atoms with Gasteiger partial charge in [0.15, 0.2) is 0 Å². The number of amides is 1. The van der Waals surface area contributed by atoms with Crippen molar-refractivity contribution < 1.29 is 18.3 Å². The summed E-state index contributed by atoms with van der Waals surface area (Å²) in [6.07, 6.45) is 1.42. The minimum absolute atomic E-state index is 0.0432. The van der Waals surface area contributed by atoms with Gasteiger partial charge in [0.1, 0.15) is 6.10 Å². The first-order valence-electron chi connectivity index (χ1n) is 6.87. The Labute approximate surface area is 114 Å². The van der Waals surface area contributed by atoms with Crippen LogP contribution in [0.25, 0.3) is 0 Å². The molecule has 1 heterocycles. The summed E-state index contributed by atoms with van der Waals surface area (Å²) in [6, 6.07) is -0.242. The van der Waals surface area contributed by atoms with Gasteiger partial charge in [0.05, 0.1) is 11.8 Å². The van der Waals surface area contributed by atoms with Crippen LogP contribution in [-0.4, -0.2) is 41.6 Å². The number of hydrogen-bond acceptors (Lipinski definition) is 4. The van der Waals surface area contributed by atoms with Crippen molar-refractivity contribution in [3.8, 4) is 0 Å². The first-order chi connectivity index (χ1) is 8.63. The number of carbonyl (C=O) groups excluding carboxylic acids is 1. The van der Waals surface area contributed by atoms with Gasteiger partial charge < -0.3 is 5.11 Å². The Hall–Kier alpha value is -0.620. The second-order valence-corrected chi connectivity index (χ2v) is 8.78. The summed E-state index contributed by atoms with van der Waals surface area (Å²) in [5.74, 6) is -0.116. The molecule has 1 amide bonds. The predicted molar refractivity (Wildman–Crippen MR) is 69.7 cm³/mol. The monoisotopic (exact) mass is 287 g/mol. The molecule has 0 aromatic carbocycles. The van der Waals surface area contributed by atoms with E-state index in [2.05, 4.69) is 13.8 Å². The molecule has 1 spiro atoms. The smallest absolute Gasteiger partial charge is 0.264 e. The van der Waals surface area contributed by atoms with E-state index in [1.807, 2.05) is 0 Å². The molecule has 19 heavy (non-hydrogen) atoms. The summed E-state index contributed by atoms with van der Waals surface area (Å²) in [6.45, 7) is 5.61. The van der Waals surface area contributed by atoms with Crippen LogP contribution < -0.4 is 0 Å². The zero-order chi connectivity index (χ0) is 14.2. The van der Waals surface area contributed by atoms with Crippen LogP contribution in [0.3, 0.4) is 0 Å². The van der Waals surface area contributed by atoms with Gasteiger partial charge in [-0.1, -0.05) is 13.8 Å². The van der Waals surface area contributed by atoms with Crippen LogP contribution in [-0.2, 0) is 14.8 Å². The van der Waals surface area contributed by atoms with E-state index in [1.54, 1.807) is 0 Å². The molecule has 3 fully saturated rings. The highest BCUT2D eigenvalue weighted by atomic mass is 32.2. The van der Waals surface area contributed by atoms with Crippen molar-refractivity contribution in [3.63, 3.8) is 0 Å². The minimum atomic E-state index is -3.58. The molecular formula is C13H21NO4S. The maximum absolute atomic E-state index is 12.4. The van der Waals surface area contributed by atoms with E-state index in [4.69, 9.17) is 0 Å². The number of hydrogen-bond donors (Lipinski definition) is 1. The molecule has 1 N–H and O–H groups in total. The number of sulfonamides is 1. The molecule has 2 saturated carbocycles. The number of aliphatic hydroxyl groups excluding tert-OH is 1. The van der Waals surface area contributed by atoms with Crippen LogP contribution in [0.4, 0.5) is 0 Å². The zero-order valence-electron chi connectivity index (χ0n) is 11.6. The Balaban J connectivity index is 2.09. The van der Waals surface area contributed by atoms with E-state index >= 15 is 0 Å². The van der Waals surface area contributed by atoms with E-state index in [-0.39, 0.29) is 22.6 Å². The van der Waals surface area contributed by atoms with Crippen LogP contribution in [0.1, 0.15) is 40.0 Å². The molecule has 3 aliphatic rings. The first kappa shape index (κ1) is 13.4. The average molecular weight is 287 g/mol. The highest BCUT2D eigenvalue weighted by Crippen LogP contribution is 2.69. The Kier molecular flexibility index (Phi) is 2.48. The third-order valence-electron chi connectivity index (χ3n) is 5.99. The van der Waals surface area contributed by atoms with Crippen molar-refractivity contribution >= 4 is 15.9 Å².